The van der Waals surface area contributed by atoms with Gasteiger partial charge >= 0.3 is 0 Å². The first-order valence-corrected chi connectivity index (χ1v) is 8.68. The lowest BCUT2D eigenvalue weighted by Crippen LogP contribution is -2.62. The highest BCUT2D eigenvalue weighted by molar-refractivity contribution is 7.87. The molecule has 0 aromatic rings. The van der Waals surface area contributed by atoms with Crippen molar-refractivity contribution in [2.45, 2.75) is 38.1 Å². The van der Waals surface area contributed by atoms with E-state index < -0.39 is 15.7 Å². The number of hydrogen-bond acceptors (Lipinski definition) is 5. The predicted molar refractivity (Wildman–Crippen MR) is 78.2 cm³/mol. The molecule has 4 N–H and O–H groups in total. The van der Waals surface area contributed by atoms with Gasteiger partial charge in [0, 0.05) is 13.1 Å². The van der Waals surface area contributed by atoms with Crippen molar-refractivity contribution in [1.29, 1.82) is 0 Å². The molecule has 0 radical (unpaired) electrons. The van der Waals surface area contributed by atoms with Crippen LogP contribution in [0.2, 0.25) is 0 Å². The molecule has 1 aliphatic carbocycles. The summed E-state index contributed by atoms with van der Waals surface area (Å²) >= 11 is 0. The van der Waals surface area contributed by atoms with Crippen molar-refractivity contribution in [2.75, 3.05) is 26.3 Å². The van der Waals surface area contributed by atoms with Crippen molar-refractivity contribution in [3.05, 3.63) is 0 Å². The average Bonchev–Trinajstić information content (AvgIpc) is 2.49. The van der Waals surface area contributed by atoms with Crippen LogP contribution in [0.4, 0.5) is 0 Å². The highest BCUT2D eigenvalue weighted by atomic mass is 32.2. The van der Waals surface area contributed by atoms with Gasteiger partial charge in [-0.05, 0) is 31.6 Å². The van der Waals surface area contributed by atoms with Crippen molar-refractivity contribution in [3.63, 3.8) is 0 Å². The van der Waals surface area contributed by atoms with Crippen LogP contribution in [0, 0.1) is 5.92 Å². The second-order valence-corrected chi connectivity index (χ2v) is 7.54. The lowest BCUT2D eigenvalue weighted by molar-refractivity contribution is 0.0719. The molecule has 0 aromatic carbocycles. The molecule has 0 bridgehead atoms. The van der Waals surface area contributed by atoms with E-state index in [0.717, 1.165) is 12.8 Å². The third kappa shape index (κ3) is 3.65. The van der Waals surface area contributed by atoms with E-state index in [1.807, 2.05) is 0 Å². The van der Waals surface area contributed by atoms with Crippen LogP contribution >= 0.6 is 0 Å². The van der Waals surface area contributed by atoms with Crippen LogP contribution in [0.3, 0.4) is 0 Å². The number of nitrogens with two attached hydrogens (primary N) is 1. The number of nitrogens with one attached hydrogen (secondary N) is 1. The van der Waals surface area contributed by atoms with Crippen molar-refractivity contribution in [2.24, 2.45) is 16.8 Å². The zero-order valence-electron chi connectivity index (χ0n) is 12.3. The van der Waals surface area contributed by atoms with Gasteiger partial charge in [0.15, 0.2) is 5.84 Å². The van der Waals surface area contributed by atoms with E-state index in [4.69, 9.17) is 15.7 Å². The van der Waals surface area contributed by atoms with Crippen LogP contribution in [0.5, 0.6) is 0 Å². The topological polar surface area (TPSA) is 117 Å². The van der Waals surface area contributed by atoms with Crippen molar-refractivity contribution in [1.82, 2.24) is 9.03 Å². The zero-order chi connectivity index (χ0) is 15.5. The summed E-state index contributed by atoms with van der Waals surface area (Å²) in [5.41, 5.74) is 4.81. The van der Waals surface area contributed by atoms with Gasteiger partial charge in [0.05, 0.1) is 18.8 Å². The van der Waals surface area contributed by atoms with E-state index in [0.29, 0.717) is 45.1 Å². The quantitative estimate of drug-likeness (QED) is 0.288. The standard InChI is InChI=1S/C12H24N4O4S/c1-10-2-4-12(5-3-10,11(13)14-17)15-21(18,19)16-6-8-20-9-7-16/h10,15,17H,2-9H2,1H3,(H2,13,14). The monoisotopic (exact) mass is 320 g/mol. The number of hydrogen-bond donors (Lipinski definition) is 3. The van der Waals surface area contributed by atoms with E-state index in [9.17, 15) is 8.42 Å². The average molecular weight is 320 g/mol. The Kier molecular flexibility index (Phi) is 5.07. The molecule has 1 saturated carbocycles. The molecule has 0 aromatic heterocycles. The first-order valence-electron chi connectivity index (χ1n) is 7.24. The van der Waals surface area contributed by atoms with Gasteiger partial charge in [-0.2, -0.15) is 17.4 Å². The van der Waals surface area contributed by atoms with Crippen LogP contribution < -0.4 is 10.5 Å². The summed E-state index contributed by atoms with van der Waals surface area (Å²) in [5, 5.41) is 12.1. The smallest absolute Gasteiger partial charge is 0.280 e. The van der Waals surface area contributed by atoms with Gasteiger partial charge in [0.25, 0.3) is 10.2 Å². The number of oxime groups is 1. The molecule has 0 spiro atoms. The maximum Gasteiger partial charge on any atom is 0.280 e. The van der Waals surface area contributed by atoms with E-state index in [1.54, 1.807) is 0 Å². The molecule has 1 heterocycles. The fourth-order valence-electron chi connectivity index (χ4n) is 2.86. The van der Waals surface area contributed by atoms with Gasteiger partial charge in [0.2, 0.25) is 0 Å². The summed E-state index contributed by atoms with van der Waals surface area (Å²) in [4.78, 5) is 0. The number of amidine groups is 1. The van der Waals surface area contributed by atoms with E-state index >= 15 is 0 Å². The maximum atomic E-state index is 12.5. The normalized spacial score (nSPS) is 33.0. The van der Waals surface area contributed by atoms with Gasteiger partial charge in [0.1, 0.15) is 0 Å². The molecule has 8 nitrogen and oxygen atoms in total. The highest BCUT2D eigenvalue weighted by Gasteiger charge is 2.43. The molecular formula is C12H24N4O4S. The molecule has 0 amide bonds. The molecule has 0 unspecified atom stereocenters. The van der Waals surface area contributed by atoms with Crippen LogP contribution in [0.15, 0.2) is 5.16 Å². The molecule has 21 heavy (non-hydrogen) atoms. The first kappa shape index (κ1) is 16.5. The molecule has 122 valence electrons. The van der Waals surface area contributed by atoms with Gasteiger partial charge in [-0.15, -0.1) is 0 Å². The molecule has 9 heteroatoms. The number of nitrogens with zero attached hydrogens (tertiary/aromatic N) is 2. The second-order valence-electron chi connectivity index (χ2n) is 5.87. The lowest BCUT2D eigenvalue weighted by Gasteiger charge is -2.40. The van der Waals surface area contributed by atoms with Crippen LogP contribution in [-0.4, -0.2) is 55.6 Å². The van der Waals surface area contributed by atoms with Gasteiger partial charge < -0.3 is 15.7 Å². The van der Waals surface area contributed by atoms with Gasteiger partial charge in [-0.1, -0.05) is 12.1 Å². The molecule has 1 aliphatic heterocycles. The lowest BCUT2D eigenvalue weighted by atomic mass is 9.77. The maximum absolute atomic E-state index is 12.5. The SMILES string of the molecule is CC1CCC(NS(=O)(=O)N2CCOCC2)(/C(N)=N/O)CC1. The zero-order valence-corrected chi connectivity index (χ0v) is 13.1. The largest absolute Gasteiger partial charge is 0.409 e. The van der Waals surface area contributed by atoms with Crippen LogP contribution in [0.1, 0.15) is 32.6 Å². The van der Waals surface area contributed by atoms with Crippen LogP contribution in [-0.2, 0) is 14.9 Å². The fourth-order valence-corrected chi connectivity index (χ4v) is 4.42. The molecule has 2 aliphatic rings. The Hall–Kier alpha value is -0.900. The summed E-state index contributed by atoms with van der Waals surface area (Å²) < 4.78 is 34.3. The Balaban J connectivity index is 2.18. The predicted octanol–water partition coefficient (Wildman–Crippen LogP) is -0.152. The summed E-state index contributed by atoms with van der Waals surface area (Å²) in [7, 11) is -3.68. The van der Waals surface area contributed by atoms with Crippen molar-refractivity contribution in [3.8, 4) is 0 Å². The van der Waals surface area contributed by atoms with Crippen LogP contribution in [0.25, 0.3) is 0 Å². The van der Waals surface area contributed by atoms with E-state index in [-0.39, 0.29) is 5.84 Å². The minimum atomic E-state index is -3.68. The van der Waals surface area contributed by atoms with Gasteiger partial charge in [-0.25, -0.2) is 0 Å². The molecule has 1 saturated heterocycles. The number of morpholine rings is 1. The molecule has 2 rings (SSSR count). The molecule has 2 fully saturated rings. The van der Waals surface area contributed by atoms with E-state index in [2.05, 4.69) is 16.8 Å². The molecular weight excluding hydrogens is 296 g/mol. The fraction of sp³-hybridized carbons (Fsp3) is 0.917. The summed E-state index contributed by atoms with van der Waals surface area (Å²) in [6.45, 7) is 3.52. The van der Waals surface area contributed by atoms with E-state index in [1.165, 1.54) is 4.31 Å². The minimum Gasteiger partial charge on any atom is -0.409 e. The Morgan fingerprint density at radius 2 is 1.95 bits per heavy atom. The van der Waals surface area contributed by atoms with Crippen molar-refractivity contribution >= 4 is 16.0 Å². The Morgan fingerprint density at radius 3 is 2.48 bits per heavy atom. The summed E-state index contributed by atoms with van der Waals surface area (Å²) in [5.74, 6) is 0.448. The summed E-state index contributed by atoms with van der Waals surface area (Å²) in [6.07, 6.45) is 2.74. The Labute approximate surface area is 125 Å². The number of ether oxygens (including phenoxy) is 1. The third-order valence-corrected chi connectivity index (χ3v) is 6.05. The first-order chi connectivity index (χ1) is 9.89. The Bertz CT molecular complexity index is 479. The van der Waals surface area contributed by atoms with Gasteiger partial charge in [-0.3, -0.25) is 0 Å². The molecule has 0 atom stereocenters. The third-order valence-electron chi connectivity index (χ3n) is 4.36. The second kappa shape index (κ2) is 6.47. The Morgan fingerprint density at radius 1 is 1.38 bits per heavy atom. The minimum absolute atomic E-state index is 0.0637. The summed E-state index contributed by atoms with van der Waals surface area (Å²) in [6, 6.07) is 0. The van der Waals surface area contributed by atoms with Crippen molar-refractivity contribution < 1.29 is 18.4 Å². The number of rotatable bonds is 4. The highest BCUT2D eigenvalue weighted by Crippen LogP contribution is 2.33.